The number of amides is 1. The third-order valence-electron chi connectivity index (χ3n) is 3.10. The zero-order valence-electron chi connectivity index (χ0n) is 11.0. The van der Waals surface area contributed by atoms with E-state index in [1.54, 1.807) is 0 Å². The summed E-state index contributed by atoms with van der Waals surface area (Å²) >= 11 is 0. The molecule has 0 spiro atoms. The molecule has 0 heterocycles. The summed E-state index contributed by atoms with van der Waals surface area (Å²) < 4.78 is 26.7. The molecule has 0 saturated heterocycles. The van der Waals surface area contributed by atoms with Crippen molar-refractivity contribution in [2.24, 2.45) is 5.92 Å². The number of nitrogens with one attached hydrogen (secondary N) is 1. The molecular weight excluding hydrogens is 252 g/mol. The van der Waals surface area contributed by atoms with Gasteiger partial charge >= 0.3 is 0 Å². The molecule has 1 unspecified atom stereocenters. The Bertz CT molecular complexity index is 404. The van der Waals surface area contributed by atoms with Gasteiger partial charge in [0.1, 0.15) is 11.6 Å². The van der Waals surface area contributed by atoms with Gasteiger partial charge in [0.2, 0.25) is 5.91 Å². The average Bonchev–Trinajstić information content (AvgIpc) is 2.39. The van der Waals surface area contributed by atoms with Crippen LogP contribution in [-0.2, 0) is 11.2 Å². The van der Waals surface area contributed by atoms with Crippen molar-refractivity contribution in [3.63, 3.8) is 0 Å². The summed E-state index contributed by atoms with van der Waals surface area (Å²) in [5, 5.41) is 11.5. The van der Waals surface area contributed by atoms with E-state index in [9.17, 15) is 13.6 Å². The molecule has 0 saturated carbocycles. The molecule has 1 rings (SSSR count). The van der Waals surface area contributed by atoms with Crippen LogP contribution in [0.5, 0.6) is 0 Å². The van der Waals surface area contributed by atoms with Gasteiger partial charge in [-0.05, 0) is 24.5 Å². The van der Waals surface area contributed by atoms with Crippen LogP contribution in [0, 0.1) is 17.6 Å². The fraction of sp³-hybridized carbons (Fsp3) is 0.500. The minimum atomic E-state index is -0.711. The van der Waals surface area contributed by atoms with Crippen LogP contribution >= 0.6 is 0 Å². The van der Waals surface area contributed by atoms with Gasteiger partial charge in [0.25, 0.3) is 0 Å². The molecule has 5 heteroatoms. The Morgan fingerprint density at radius 3 is 2.53 bits per heavy atom. The first-order valence-electron chi connectivity index (χ1n) is 6.38. The maximum Gasteiger partial charge on any atom is 0.224 e. The number of carbonyl (C=O) groups is 1. The molecule has 0 aromatic heterocycles. The van der Waals surface area contributed by atoms with Gasteiger partial charge in [-0.2, -0.15) is 0 Å². The smallest absolute Gasteiger partial charge is 0.224 e. The highest BCUT2D eigenvalue weighted by Crippen LogP contribution is 2.13. The monoisotopic (exact) mass is 271 g/mol. The molecule has 106 valence electrons. The largest absolute Gasteiger partial charge is 0.396 e. The number of aliphatic hydroxyl groups is 1. The van der Waals surface area contributed by atoms with Crippen LogP contribution in [0.15, 0.2) is 18.2 Å². The van der Waals surface area contributed by atoms with Gasteiger partial charge in [0, 0.05) is 18.7 Å². The molecule has 1 atom stereocenters. The lowest BCUT2D eigenvalue weighted by molar-refractivity contribution is -0.120. The zero-order chi connectivity index (χ0) is 14.3. The molecule has 0 aliphatic heterocycles. The lowest BCUT2D eigenvalue weighted by Crippen LogP contribution is -2.31. The Balaban J connectivity index is 2.51. The molecule has 2 N–H and O–H groups in total. The van der Waals surface area contributed by atoms with Gasteiger partial charge in [-0.1, -0.05) is 19.4 Å². The highest BCUT2D eigenvalue weighted by atomic mass is 19.1. The number of halogens is 2. The summed E-state index contributed by atoms with van der Waals surface area (Å²) in [7, 11) is 0. The number of benzene rings is 1. The minimum absolute atomic E-state index is 0.0658. The number of aliphatic hydroxyl groups excluding tert-OH is 1. The normalized spacial score (nSPS) is 12.2. The quantitative estimate of drug-likeness (QED) is 0.797. The predicted octanol–water partition coefficient (Wildman–Crippen LogP) is 2.03. The van der Waals surface area contributed by atoms with Crippen molar-refractivity contribution in [2.75, 3.05) is 13.2 Å². The lowest BCUT2D eigenvalue weighted by atomic mass is 10.0. The van der Waals surface area contributed by atoms with Crippen molar-refractivity contribution >= 4 is 5.91 Å². The van der Waals surface area contributed by atoms with Gasteiger partial charge < -0.3 is 10.4 Å². The molecule has 1 aromatic rings. The maximum atomic E-state index is 13.3. The summed E-state index contributed by atoms with van der Waals surface area (Å²) in [6.45, 7) is 2.44. The second kappa shape index (κ2) is 7.84. The third kappa shape index (κ3) is 4.95. The van der Waals surface area contributed by atoms with Crippen LogP contribution in [0.25, 0.3) is 0 Å². The Morgan fingerprint density at radius 2 is 2.00 bits per heavy atom. The van der Waals surface area contributed by atoms with Gasteiger partial charge in [-0.15, -0.1) is 0 Å². The molecule has 0 fully saturated rings. The van der Waals surface area contributed by atoms with E-state index < -0.39 is 17.5 Å². The second-order valence-corrected chi connectivity index (χ2v) is 4.47. The van der Waals surface area contributed by atoms with E-state index in [4.69, 9.17) is 5.11 Å². The summed E-state index contributed by atoms with van der Waals surface area (Å²) in [5.41, 5.74) is -0.213. The summed E-state index contributed by atoms with van der Waals surface area (Å²) in [6.07, 6.45) is 1.12. The molecule has 1 aromatic carbocycles. The van der Waals surface area contributed by atoms with Gasteiger partial charge in [-0.3, -0.25) is 4.79 Å². The van der Waals surface area contributed by atoms with Crippen molar-refractivity contribution in [2.45, 2.75) is 26.2 Å². The Labute approximate surface area is 111 Å². The highest BCUT2D eigenvalue weighted by molar-refractivity contribution is 5.78. The molecule has 0 aliphatic carbocycles. The van der Waals surface area contributed by atoms with E-state index >= 15 is 0 Å². The van der Waals surface area contributed by atoms with Gasteiger partial charge in [0.05, 0.1) is 6.42 Å². The van der Waals surface area contributed by atoms with Crippen LogP contribution in [0.2, 0.25) is 0 Å². The predicted molar refractivity (Wildman–Crippen MR) is 68.6 cm³/mol. The standard InChI is InChI=1S/C14H19F2NO2/c1-2-10(6-7-18)9-17-14(19)8-11-12(15)4-3-5-13(11)16/h3-5,10,18H,2,6-9H2,1H3,(H,17,19). The van der Waals surface area contributed by atoms with Crippen LogP contribution < -0.4 is 5.32 Å². The number of rotatable bonds is 7. The molecular formula is C14H19F2NO2. The van der Waals surface area contributed by atoms with Gasteiger partial charge in [0.15, 0.2) is 0 Å². The van der Waals surface area contributed by atoms with Crippen LogP contribution in [0.1, 0.15) is 25.3 Å². The van der Waals surface area contributed by atoms with Crippen molar-refractivity contribution in [3.8, 4) is 0 Å². The van der Waals surface area contributed by atoms with Crippen LogP contribution in [0.3, 0.4) is 0 Å². The van der Waals surface area contributed by atoms with Crippen molar-refractivity contribution < 1.29 is 18.7 Å². The molecule has 0 bridgehead atoms. The zero-order valence-corrected chi connectivity index (χ0v) is 11.0. The fourth-order valence-corrected chi connectivity index (χ4v) is 1.82. The Morgan fingerprint density at radius 1 is 1.37 bits per heavy atom. The molecule has 3 nitrogen and oxygen atoms in total. The fourth-order valence-electron chi connectivity index (χ4n) is 1.82. The summed E-state index contributed by atoms with van der Waals surface area (Å²) in [4.78, 5) is 11.6. The first kappa shape index (κ1) is 15.6. The maximum absolute atomic E-state index is 13.3. The van der Waals surface area contributed by atoms with E-state index in [0.29, 0.717) is 13.0 Å². The summed E-state index contributed by atoms with van der Waals surface area (Å²) in [6, 6.07) is 3.53. The Hall–Kier alpha value is -1.49. The average molecular weight is 271 g/mol. The highest BCUT2D eigenvalue weighted by Gasteiger charge is 2.14. The number of hydrogen-bond acceptors (Lipinski definition) is 2. The minimum Gasteiger partial charge on any atom is -0.396 e. The molecule has 1 amide bonds. The first-order valence-corrected chi connectivity index (χ1v) is 6.38. The first-order chi connectivity index (χ1) is 9.08. The van der Waals surface area contributed by atoms with E-state index in [1.807, 2.05) is 6.92 Å². The van der Waals surface area contributed by atoms with Crippen molar-refractivity contribution in [3.05, 3.63) is 35.4 Å². The van der Waals surface area contributed by atoms with E-state index in [1.165, 1.54) is 6.07 Å². The van der Waals surface area contributed by atoms with E-state index in [2.05, 4.69) is 5.32 Å². The van der Waals surface area contributed by atoms with Crippen molar-refractivity contribution in [1.29, 1.82) is 0 Å². The van der Waals surface area contributed by atoms with Crippen LogP contribution in [-0.4, -0.2) is 24.2 Å². The topological polar surface area (TPSA) is 49.3 Å². The summed E-state index contributed by atoms with van der Waals surface area (Å²) in [5.74, 6) is -1.66. The van der Waals surface area contributed by atoms with Gasteiger partial charge in [-0.25, -0.2) is 8.78 Å². The van der Waals surface area contributed by atoms with E-state index in [0.717, 1.165) is 18.6 Å². The SMILES string of the molecule is CCC(CCO)CNC(=O)Cc1c(F)cccc1F. The Kier molecular flexibility index (Phi) is 6.42. The van der Waals surface area contributed by atoms with E-state index in [-0.39, 0.29) is 24.5 Å². The molecule has 19 heavy (non-hydrogen) atoms. The lowest BCUT2D eigenvalue weighted by Gasteiger charge is -2.14. The van der Waals surface area contributed by atoms with Crippen LogP contribution in [0.4, 0.5) is 8.78 Å². The molecule has 0 radical (unpaired) electrons. The number of hydrogen-bond donors (Lipinski definition) is 2. The number of carbonyl (C=O) groups excluding carboxylic acids is 1. The third-order valence-corrected chi connectivity index (χ3v) is 3.10. The molecule has 0 aliphatic rings. The second-order valence-electron chi connectivity index (χ2n) is 4.47. The van der Waals surface area contributed by atoms with Crippen molar-refractivity contribution in [1.82, 2.24) is 5.32 Å².